The lowest BCUT2D eigenvalue weighted by Crippen LogP contribution is -2.30. The molecule has 24 heavy (non-hydrogen) atoms. The second-order valence-electron chi connectivity index (χ2n) is 4.97. The van der Waals surface area contributed by atoms with Crippen LogP contribution in [-0.2, 0) is 9.53 Å². The van der Waals surface area contributed by atoms with Crippen molar-refractivity contribution in [2.24, 2.45) is 0 Å². The Labute approximate surface area is 149 Å². The van der Waals surface area contributed by atoms with Crippen LogP contribution in [0.25, 0.3) is 0 Å². The van der Waals surface area contributed by atoms with Crippen molar-refractivity contribution in [3.05, 3.63) is 58.6 Å². The van der Waals surface area contributed by atoms with Gasteiger partial charge in [0.1, 0.15) is 11.3 Å². The lowest BCUT2D eigenvalue weighted by Gasteiger charge is -2.15. The number of nitrogens with one attached hydrogen (secondary N) is 1. The van der Waals surface area contributed by atoms with E-state index in [1.165, 1.54) is 6.92 Å². The normalized spacial score (nSPS) is 11.5. The highest BCUT2D eigenvalue weighted by atomic mass is 79.9. The van der Waals surface area contributed by atoms with E-state index in [9.17, 15) is 9.59 Å². The van der Waals surface area contributed by atoms with Gasteiger partial charge < -0.3 is 14.8 Å². The predicted octanol–water partition coefficient (Wildman–Crippen LogP) is 4.03. The number of halogens is 1. The van der Waals surface area contributed by atoms with E-state index in [1.54, 1.807) is 36.4 Å². The van der Waals surface area contributed by atoms with Gasteiger partial charge in [0.05, 0.1) is 6.61 Å². The molecular weight excluding hydrogens is 374 g/mol. The first-order valence-corrected chi connectivity index (χ1v) is 8.29. The fourth-order valence-electron chi connectivity index (χ4n) is 1.97. The van der Waals surface area contributed by atoms with E-state index in [4.69, 9.17) is 9.47 Å². The summed E-state index contributed by atoms with van der Waals surface area (Å²) < 4.78 is 11.6. The number of hydrogen-bond acceptors (Lipinski definition) is 4. The van der Waals surface area contributed by atoms with Crippen LogP contribution in [0.2, 0.25) is 0 Å². The van der Waals surface area contributed by atoms with Crippen LogP contribution in [0.4, 0.5) is 5.69 Å². The van der Waals surface area contributed by atoms with Gasteiger partial charge in [-0.3, -0.25) is 4.79 Å². The second kappa shape index (κ2) is 8.49. The van der Waals surface area contributed by atoms with Crippen molar-refractivity contribution in [3.8, 4) is 5.75 Å². The molecule has 0 unspecified atom stereocenters. The third-order valence-electron chi connectivity index (χ3n) is 3.17. The molecular formula is C18H18BrNO4. The molecule has 2 rings (SSSR count). The average molecular weight is 392 g/mol. The van der Waals surface area contributed by atoms with Gasteiger partial charge in [-0.05, 0) is 50.2 Å². The first-order valence-electron chi connectivity index (χ1n) is 7.50. The summed E-state index contributed by atoms with van der Waals surface area (Å²) >= 11 is 3.32. The maximum Gasteiger partial charge on any atom is 0.342 e. The molecule has 0 fully saturated rings. The number of rotatable bonds is 6. The van der Waals surface area contributed by atoms with Crippen LogP contribution in [0.1, 0.15) is 24.2 Å². The number of carbonyl (C=O) groups is 2. The standard InChI is InChI=1S/C18H18BrNO4/c1-3-23-16-7-5-4-6-15(16)18(22)24-12(2)17(21)20-14-10-8-13(19)9-11-14/h4-12H,3H2,1-2H3,(H,20,21)/t12-/m1/s1. The van der Waals surface area contributed by atoms with Crippen molar-refractivity contribution in [1.29, 1.82) is 0 Å². The fraction of sp³-hybridized carbons (Fsp3) is 0.222. The molecule has 0 radical (unpaired) electrons. The molecule has 1 N–H and O–H groups in total. The molecule has 0 saturated heterocycles. The zero-order valence-electron chi connectivity index (χ0n) is 13.4. The van der Waals surface area contributed by atoms with Gasteiger partial charge in [-0.15, -0.1) is 0 Å². The topological polar surface area (TPSA) is 64.6 Å². The summed E-state index contributed by atoms with van der Waals surface area (Å²) in [5.41, 5.74) is 0.920. The van der Waals surface area contributed by atoms with Crippen LogP contribution in [-0.4, -0.2) is 24.6 Å². The summed E-state index contributed by atoms with van der Waals surface area (Å²) in [6, 6.07) is 13.9. The molecule has 0 saturated carbocycles. The number of carbonyl (C=O) groups excluding carboxylic acids is 2. The molecule has 5 nitrogen and oxygen atoms in total. The second-order valence-corrected chi connectivity index (χ2v) is 5.89. The Balaban J connectivity index is 2.00. The van der Waals surface area contributed by atoms with Crippen molar-refractivity contribution in [2.45, 2.75) is 20.0 Å². The van der Waals surface area contributed by atoms with Crippen molar-refractivity contribution in [3.63, 3.8) is 0 Å². The van der Waals surface area contributed by atoms with E-state index in [-0.39, 0.29) is 0 Å². The molecule has 2 aromatic carbocycles. The maximum atomic E-state index is 12.3. The Morgan fingerprint density at radius 2 is 1.79 bits per heavy atom. The number of benzene rings is 2. The molecule has 0 aliphatic carbocycles. The van der Waals surface area contributed by atoms with Gasteiger partial charge in [0.15, 0.2) is 6.10 Å². The third kappa shape index (κ3) is 4.83. The Bertz CT molecular complexity index is 715. The number of ether oxygens (including phenoxy) is 2. The van der Waals surface area contributed by atoms with Crippen LogP contribution in [0, 0.1) is 0 Å². The molecule has 2 aromatic rings. The van der Waals surface area contributed by atoms with E-state index in [2.05, 4.69) is 21.2 Å². The number of para-hydroxylation sites is 1. The minimum atomic E-state index is -0.934. The zero-order chi connectivity index (χ0) is 17.5. The molecule has 0 heterocycles. The molecule has 0 aromatic heterocycles. The summed E-state index contributed by atoms with van der Waals surface area (Å²) in [5, 5.41) is 2.70. The summed E-state index contributed by atoms with van der Waals surface area (Å²) in [5.74, 6) is -0.567. The number of anilines is 1. The lowest BCUT2D eigenvalue weighted by molar-refractivity contribution is -0.123. The van der Waals surface area contributed by atoms with Crippen molar-refractivity contribution >= 4 is 33.5 Å². The van der Waals surface area contributed by atoms with Crippen molar-refractivity contribution in [1.82, 2.24) is 0 Å². The SMILES string of the molecule is CCOc1ccccc1C(=O)O[C@H](C)C(=O)Nc1ccc(Br)cc1. The summed E-state index contributed by atoms with van der Waals surface area (Å²) in [6.45, 7) is 3.79. The van der Waals surface area contributed by atoms with Crippen LogP contribution >= 0.6 is 15.9 Å². The Kier molecular flexibility index (Phi) is 6.37. The Morgan fingerprint density at radius 1 is 1.12 bits per heavy atom. The Morgan fingerprint density at radius 3 is 2.46 bits per heavy atom. The first-order chi connectivity index (χ1) is 11.5. The van der Waals surface area contributed by atoms with Crippen LogP contribution in [0.15, 0.2) is 53.0 Å². The fourth-order valence-corrected chi connectivity index (χ4v) is 2.24. The highest BCUT2D eigenvalue weighted by molar-refractivity contribution is 9.10. The molecule has 6 heteroatoms. The summed E-state index contributed by atoms with van der Waals surface area (Å²) in [4.78, 5) is 24.4. The summed E-state index contributed by atoms with van der Waals surface area (Å²) in [7, 11) is 0. The molecule has 126 valence electrons. The minimum absolute atomic E-state index is 0.294. The molecule has 1 amide bonds. The quantitative estimate of drug-likeness (QED) is 0.754. The number of esters is 1. The van der Waals surface area contributed by atoms with Gasteiger partial charge in [0.25, 0.3) is 5.91 Å². The molecule has 0 aliphatic rings. The van der Waals surface area contributed by atoms with Gasteiger partial charge >= 0.3 is 5.97 Å². The van der Waals surface area contributed by atoms with Gasteiger partial charge in [0.2, 0.25) is 0 Å². The number of hydrogen-bond donors (Lipinski definition) is 1. The smallest absolute Gasteiger partial charge is 0.342 e. The number of amides is 1. The largest absolute Gasteiger partial charge is 0.493 e. The van der Waals surface area contributed by atoms with Crippen LogP contribution < -0.4 is 10.1 Å². The van der Waals surface area contributed by atoms with E-state index < -0.39 is 18.0 Å². The lowest BCUT2D eigenvalue weighted by atomic mass is 10.2. The van der Waals surface area contributed by atoms with Gasteiger partial charge in [-0.25, -0.2) is 4.79 Å². The van der Waals surface area contributed by atoms with Gasteiger partial charge in [-0.2, -0.15) is 0 Å². The highest BCUT2D eigenvalue weighted by Gasteiger charge is 2.21. The Hall–Kier alpha value is -2.34. The third-order valence-corrected chi connectivity index (χ3v) is 3.70. The molecule has 0 spiro atoms. The van der Waals surface area contributed by atoms with E-state index in [1.807, 2.05) is 19.1 Å². The predicted molar refractivity (Wildman–Crippen MR) is 95.3 cm³/mol. The molecule has 1 atom stereocenters. The zero-order valence-corrected chi connectivity index (χ0v) is 15.0. The average Bonchev–Trinajstić information content (AvgIpc) is 2.57. The van der Waals surface area contributed by atoms with Gasteiger partial charge in [0, 0.05) is 10.2 Å². The maximum absolute atomic E-state index is 12.3. The molecule has 0 bridgehead atoms. The highest BCUT2D eigenvalue weighted by Crippen LogP contribution is 2.20. The summed E-state index contributed by atoms with van der Waals surface area (Å²) in [6.07, 6.45) is -0.934. The monoisotopic (exact) mass is 391 g/mol. The van der Waals surface area contributed by atoms with Gasteiger partial charge in [-0.1, -0.05) is 28.1 Å². The molecule has 0 aliphatic heterocycles. The first kappa shape index (κ1) is 18.0. The van der Waals surface area contributed by atoms with E-state index >= 15 is 0 Å². The van der Waals surface area contributed by atoms with E-state index in [0.717, 1.165) is 4.47 Å². The van der Waals surface area contributed by atoms with Crippen molar-refractivity contribution < 1.29 is 19.1 Å². The van der Waals surface area contributed by atoms with Crippen molar-refractivity contribution in [2.75, 3.05) is 11.9 Å². The van der Waals surface area contributed by atoms with Crippen LogP contribution in [0.3, 0.4) is 0 Å². The van der Waals surface area contributed by atoms with E-state index in [0.29, 0.717) is 23.6 Å². The minimum Gasteiger partial charge on any atom is -0.493 e. The van der Waals surface area contributed by atoms with Crippen LogP contribution in [0.5, 0.6) is 5.75 Å².